The predicted octanol–water partition coefficient (Wildman–Crippen LogP) is 2.61. The van der Waals surface area contributed by atoms with Crippen LogP contribution in [-0.4, -0.2) is 23.8 Å². The Morgan fingerprint density at radius 1 is 1.38 bits per heavy atom. The van der Waals surface area contributed by atoms with Crippen LogP contribution < -0.4 is 0 Å². The molecule has 0 bridgehead atoms. The molecule has 1 fully saturated rings. The van der Waals surface area contributed by atoms with Crippen molar-refractivity contribution in [1.82, 2.24) is 0 Å². The molecular formula is C15H17NO5. The van der Waals surface area contributed by atoms with Crippen molar-refractivity contribution in [3.8, 4) is 0 Å². The van der Waals surface area contributed by atoms with Gasteiger partial charge in [0.15, 0.2) is 0 Å². The Kier molecular flexibility index (Phi) is 4.67. The van der Waals surface area contributed by atoms with E-state index in [1.54, 1.807) is 12.1 Å². The van der Waals surface area contributed by atoms with Crippen molar-refractivity contribution in [1.29, 1.82) is 0 Å². The number of hydrogen-bond donors (Lipinski definition) is 0. The van der Waals surface area contributed by atoms with Gasteiger partial charge in [0.1, 0.15) is 5.78 Å². The van der Waals surface area contributed by atoms with Gasteiger partial charge in [0.05, 0.1) is 18.0 Å². The van der Waals surface area contributed by atoms with Gasteiger partial charge in [-0.05, 0) is 24.3 Å². The zero-order valence-electron chi connectivity index (χ0n) is 11.8. The molecule has 0 aromatic heterocycles. The molecule has 1 aliphatic rings. The van der Waals surface area contributed by atoms with Crippen LogP contribution in [0.2, 0.25) is 0 Å². The number of benzene rings is 1. The monoisotopic (exact) mass is 291 g/mol. The van der Waals surface area contributed by atoms with Crippen LogP contribution in [0.3, 0.4) is 0 Å². The van der Waals surface area contributed by atoms with E-state index in [9.17, 15) is 19.7 Å². The second-order valence-electron chi connectivity index (χ2n) is 5.24. The number of rotatable bonds is 4. The highest BCUT2D eigenvalue weighted by Gasteiger charge is 2.34. The second kappa shape index (κ2) is 6.47. The molecule has 0 saturated heterocycles. The number of ketones is 1. The summed E-state index contributed by atoms with van der Waals surface area (Å²) in [5.74, 6) is -0.883. The van der Waals surface area contributed by atoms with Crippen molar-refractivity contribution in [3.63, 3.8) is 0 Å². The second-order valence-corrected chi connectivity index (χ2v) is 5.24. The van der Waals surface area contributed by atoms with Crippen LogP contribution >= 0.6 is 0 Å². The van der Waals surface area contributed by atoms with Gasteiger partial charge in [-0.3, -0.25) is 19.7 Å². The number of hydrogen-bond acceptors (Lipinski definition) is 5. The van der Waals surface area contributed by atoms with Gasteiger partial charge >= 0.3 is 5.97 Å². The molecule has 6 nitrogen and oxygen atoms in total. The number of nitro benzene ring substituents is 1. The fourth-order valence-electron chi connectivity index (χ4n) is 2.87. The molecular weight excluding hydrogens is 274 g/mol. The van der Waals surface area contributed by atoms with Crippen molar-refractivity contribution in [2.45, 2.75) is 31.6 Å². The maximum Gasteiger partial charge on any atom is 0.313 e. The summed E-state index contributed by atoms with van der Waals surface area (Å²) in [7, 11) is 1.31. The van der Waals surface area contributed by atoms with Gasteiger partial charge in [0.2, 0.25) is 0 Å². The summed E-state index contributed by atoms with van der Waals surface area (Å²) in [6.07, 6.45) is 2.47. The SMILES string of the molecule is COC(=O)C(c1ccc([N+](=O)[O-])cc1)C1CCCC(=O)C1. The zero-order chi connectivity index (χ0) is 15.4. The maximum absolute atomic E-state index is 12.1. The lowest BCUT2D eigenvalue weighted by Crippen LogP contribution is -2.28. The van der Waals surface area contributed by atoms with Gasteiger partial charge in [-0.25, -0.2) is 0 Å². The number of carbonyl (C=O) groups is 2. The van der Waals surface area contributed by atoms with E-state index in [0.29, 0.717) is 18.4 Å². The van der Waals surface area contributed by atoms with E-state index in [1.807, 2.05) is 0 Å². The van der Waals surface area contributed by atoms with E-state index in [0.717, 1.165) is 12.8 Å². The first-order valence-corrected chi connectivity index (χ1v) is 6.87. The van der Waals surface area contributed by atoms with Gasteiger partial charge in [0, 0.05) is 25.0 Å². The van der Waals surface area contributed by atoms with Crippen LogP contribution in [0.15, 0.2) is 24.3 Å². The summed E-state index contributed by atoms with van der Waals surface area (Å²) in [4.78, 5) is 33.9. The Morgan fingerprint density at radius 2 is 2.05 bits per heavy atom. The third-order valence-electron chi connectivity index (χ3n) is 3.91. The molecule has 1 aromatic carbocycles. The van der Waals surface area contributed by atoms with Crippen LogP contribution in [0.1, 0.15) is 37.2 Å². The smallest absolute Gasteiger partial charge is 0.313 e. The molecule has 6 heteroatoms. The number of non-ortho nitro benzene ring substituents is 1. The van der Waals surface area contributed by atoms with Gasteiger partial charge in [-0.15, -0.1) is 0 Å². The normalized spacial score (nSPS) is 19.9. The van der Waals surface area contributed by atoms with E-state index in [-0.39, 0.29) is 17.4 Å². The van der Waals surface area contributed by atoms with E-state index in [1.165, 1.54) is 19.2 Å². The molecule has 2 rings (SSSR count). The molecule has 0 spiro atoms. The fourth-order valence-corrected chi connectivity index (χ4v) is 2.87. The standard InChI is InChI=1S/C15H17NO5/c1-21-15(18)14(11-3-2-4-13(17)9-11)10-5-7-12(8-6-10)16(19)20/h5-8,11,14H,2-4,9H2,1H3. The number of Topliss-reactive ketones (excluding diaryl/α,β-unsaturated/α-hetero) is 1. The summed E-state index contributed by atoms with van der Waals surface area (Å²) in [6, 6.07) is 5.88. The summed E-state index contributed by atoms with van der Waals surface area (Å²) in [6.45, 7) is 0. The molecule has 2 unspecified atom stereocenters. The van der Waals surface area contributed by atoms with Crippen molar-refractivity contribution in [2.75, 3.05) is 7.11 Å². The minimum absolute atomic E-state index is 0.0258. The van der Waals surface area contributed by atoms with Crippen molar-refractivity contribution >= 4 is 17.4 Å². The molecule has 0 amide bonds. The van der Waals surface area contributed by atoms with Gasteiger partial charge in [0.25, 0.3) is 5.69 Å². The van der Waals surface area contributed by atoms with Crippen LogP contribution in [0.5, 0.6) is 0 Å². The molecule has 0 radical (unpaired) electrons. The molecule has 0 heterocycles. The van der Waals surface area contributed by atoms with Crippen molar-refractivity contribution in [3.05, 3.63) is 39.9 Å². The van der Waals surface area contributed by atoms with Gasteiger partial charge < -0.3 is 4.74 Å². The first kappa shape index (κ1) is 15.2. The fraction of sp³-hybridized carbons (Fsp3) is 0.467. The summed E-state index contributed by atoms with van der Waals surface area (Å²) < 4.78 is 4.85. The number of carbonyl (C=O) groups excluding carboxylic acids is 2. The number of methoxy groups -OCH3 is 1. The Labute approximate surface area is 122 Å². The summed E-state index contributed by atoms with van der Waals surface area (Å²) >= 11 is 0. The van der Waals surface area contributed by atoms with Crippen molar-refractivity contribution in [2.24, 2.45) is 5.92 Å². The highest BCUT2D eigenvalue weighted by molar-refractivity contribution is 5.83. The average molecular weight is 291 g/mol. The van der Waals surface area contributed by atoms with E-state index in [2.05, 4.69) is 0 Å². The zero-order valence-corrected chi connectivity index (χ0v) is 11.8. The highest BCUT2D eigenvalue weighted by Crippen LogP contribution is 2.36. The average Bonchev–Trinajstić information content (AvgIpc) is 2.48. The number of nitro groups is 1. The third-order valence-corrected chi connectivity index (χ3v) is 3.91. The molecule has 1 aliphatic carbocycles. The molecule has 1 saturated carbocycles. The van der Waals surface area contributed by atoms with Crippen molar-refractivity contribution < 1.29 is 19.2 Å². The molecule has 0 aliphatic heterocycles. The summed E-state index contributed by atoms with van der Waals surface area (Å²) in [5, 5.41) is 10.7. The maximum atomic E-state index is 12.1. The van der Waals surface area contributed by atoms with Gasteiger partial charge in [-0.1, -0.05) is 12.1 Å². The van der Waals surface area contributed by atoms with E-state index in [4.69, 9.17) is 4.74 Å². The first-order valence-electron chi connectivity index (χ1n) is 6.87. The minimum Gasteiger partial charge on any atom is -0.469 e. The van der Waals surface area contributed by atoms with Crippen LogP contribution in [0.25, 0.3) is 0 Å². The number of ether oxygens (including phenoxy) is 1. The molecule has 0 N–H and O–H groups in total. The lowest BCUT2D eigenvalue weighted by molar-refractivity contribution is -0.384. The minimum atomic E-state index is -0.542. The topological polar surface area (TPSA) is 86.5 Å². The van der Waals surface area contributed by atoms with E-state index < -0.39 is 16.8 Å². The first-order chi connectivity index (χ1) is 10.0. The Bertz CT molecular complexity index is 552. The van der Waals surface area contributed by atoms with Crippen LogP contribution in [0.4, 0.5) is 5.69 Å². The van der Waals surface area contributed by atoms with Crippen LogP contribution in [-0.2, 0) is 14.3 Å². The van der Waals surface area contributed by atoms with Gasteiger partial charge in [-0.2, -0.15) is 0 Å². The lowest BCUT2D eigenvalue weighted by Gasteiger charge is -2.28. The quantitative estimate of drug-likeness (QED) is 0.483. The molecule has 1 aromatic rings. The Morgan fingerprint density at radius 3 is 2.57 bits per heavy atom. The third kappa shape index (κ3) is 3.45. The molecule has 21 heavy (non-hydrogen) atoms. The van der Waals surface area contributed by atoms with E-state index >= 15 is 0 Å². The number of esters is 1. The highest BCUT2D eigenvalue weighted by atomic mass is 16.6. The Balaban J connectivity index is 2.29. The Hall–Kier alpha value is -2.24. The summed E-state index contributed by atoms with van der Waals surface area (Å²) in [5.41, 5.74) is 0.634. The van der Waals surface area contributed by atoms with Crippen LogP contribution in [0, 0.1) is 16.0 Å². The number of nitrogens with zero attached hydrogens (tertiary/aromatic N) is 1. The lowest BCUT2D eigenvalue weighted by atomic mass is 9.76. The molecule has 112 valence electrons. The predicted molar refractivity (Wildman–Crippen MR) is 74.8 cm³/mol. The largest absolute Gasteiger partial charge is 0.469 e. The molecule has 2 atom stereocenters.